The summed E-state index contributed by atoms with van der Waals surface area (Å²) in [6, 6.07) is 7.25. The lowest BCUT2D eigenvalue weighted by Gasteiger charge is -2.06. The van der Waals surface area contributed by atoms with Gasteiger partial charge in [0.25, 0.3) is 0 Å². The Kier molecular flexibility index (Phi) is 4.37. The Labute approximate surface area is 122 Å². The van der Waals surface area contributed by atoms with E-state index in [0.29, 0.717) is 12.3 Å². The van der Waals surface area contributed by atoms with Crippen molar-refractivity contribution < 1.29 is 14.6 Å². The highest BCUT2D eigenvalue weighted by Crippen LogP contribution is 2.19. The van der Waals surface area contributed by atoms with Crippen LogP contribution in [0.2, 0.25) is 0 Å². The molecule has 6 heteroatoms. The van der Waals surface area contributed by atoms with Gasteiger partial charge in [-0.3, -0.25) is 0 Å². The summed E-state index contributed by atoms with van der Waals surface area (Å²) in [5.41, 5.74) is 2.08. The topological polar surface area (TPSA) is 77.2 Å². The minimum Gasteiger partial charge on any atom is -0.494 e. The zero-order valence-corrected chi connectivity index (χ0v) is 12.2. The van der Waals surface area contributed by atoms with Crippen LogP contribution in [-0.4, -0.2) is 32.7 Å². The molecule has 110 valence electrons. The van der Waals surface area contributed by atoms with Crippen LogP contribution in [-0.2, 0) is 0 Å². The third kappa shape index (κ3) is 3.28. The fourth-order valence-corrected chi connectivity index (χ4v) is 1.89. The second kappa shape index (κ2) is 6.21. The molecule has 0 fully saturated rings. The molecule has 0 amide bonds. The van der Waals surface area contributed by atoms with E-state index in [2.05, 4.69) is 10.3 Å². The van der Waals surface area contributed by atoms with E-state index in [-0.39, 0.29) is 5.69 Å². The summed E-state index contributed by atoms with van der Waals surface area (Å²) < 4.78 is 6.89. The number of hydrogen-bond acceptors (Lipinski definition) is 4. The van der Waals surface area contributed by atoms with Crippen molar-refractivity contribution in [1.82, 2.24) is 15.0 Å². The van der Waals surface area contributed by atoms with Gasteiger partial charge in [-0.15, -0.1) is 5.10 Å². The molecule has 2 rings (SSSR count). The maximum absolute atomic E-state index is 11.2. The van der Waals surface area contributed by atoms with E-state index < -0.39 is 5.97 Å². The first-order valence-corrected chi connectivity index (χ1v) is 6.60. The Morgan fingerprint density at radius 3 is 2.52 bits per heavy atom. The van der Waals surface area contributed by atoms with Crippen LogP contribution in [0.15, 0.2) is 29.8 Å². The summed E-state index contributed by atoms with van der Waals surface area (Å²) in [6.45, 7) is 6.29. The number of ether oxygens (including phenoxy) is 1. The van der Waals surface area contributed by atoms with E-state index in [4.69, 9.17) is 4.74 Å². The molecule has 0 atom stereocenters. The molecule has 0 aliphatic heterocycles. The van der Waals surface area contributed by atoms with Crippen molar-refractivity contribution in [3.63, 3.8) is 0 Å². The molecule has 6 nitrogen and oxygen atoms in total. The zero-order chi connectivity index (χ0) is 15.4. The van der Waals surface area contributed by atoms with Gasteiger partial charge in [-0.1, -0.05) is 10.8 Å². The molecule has 2 aromatic rings. The van der Waals surface area contributed by atoms with Gasteiger partial charge in [0.15, 0.2) is 5.69 Å². The number of benzene rings is 1. The van der Waals surface area contributed by atoms with E-state index in [1.54, 1.807) is 6.08 Å². The molecule has 1 heterocycles. The smallest absolute Gasteiger partial charge is 0.358 e. The Hall–Kier alpha value is -2.63. The number of aromatic carboxylic acids is 1. The number of rotatable bonds is 5. The fraction of sp³-hybridized carbons (Fsp3) is 0.267. The third-order valence-electron chi connectivity index (χ3n) is 2.73. The Balaban J connectivity index is 2.48. The van der Waals surface area contributed by atoms with Crippen molar-refractivity contribution in [2.45, 2.75) is 20.8 Å². The van der Waals surface area contributed by atoms with Gasteiger partial charge in [-0.25, -0.2) is 9.48 Å². The van der Waals surface area contributed by atoms with Gasteiger partial charge in [-0.2, -0.15) is 0 Å². The summed E-state index contributed by atoms with van der Waals surface area (Å²) in [5.74, 6) is -0.344. The Bertz CT molecular complexity index is 668. The fourth-order valence-electron chi connectivity index (χ4n) is 1.89. The lowest BCUT2D eigenvalue weighted by molar-refractivity contribution is 0.0690. The van der Waals surface area contributed by atoms with Gasteiger partial charge in [0.1, 0.15) is 11.4 Å². The van der Waals surface area contributed by atoms with E-state index in [9.17, 15) is 9.90 Å². The van der Waals surface area contributed by atoms with Crippen LogP contribution >= 0.6 is 0 Å². The summed E-state index contributed by atoms with van der Waals surface area (Å²) in [6.07, 6.45) is 1.75. The van der Waals surface area contributed by atoms with Gasteiger partial charge >= 0.3 is 5.97 Å². The molecule has 0 radical (unpaired) electrons. The molecule has 0 spiro atoms. The second-order valence-electron chi connectivity index (χ2n) is 4.69. The predicted molar refractivity (Wildman–Crippen MR) is 78.8 cm³/mol. The normalized spacial score (nSPS) is 10.2. The van der Waals surface area contributed by atoms with Gasteiger partial charge < -0.3 is 9.84 Å². The maximum atomic E-state index is 11.2. The molecule has 1 aromatic heterocycles. The molecule has 0 saturated heterocycles. The number of nitrogens with zero attached hydrogens (tertiary/aromatic N) is 3. The largest absolute Gasteiger partial charge is 0.494 e. The standard InChI is InChI=1S/C15H17N3O3/c1-4-21-12-7-5-11(6-8-12)18-13(9-10(2)3)14(15(19)20)16-17-18/h5-9H,4H2,1-3H3,(H,19,20). The van der Waals surface area contributed by atoms with Gasteiger partial charge in [0, 0.05) is 0 Å². The van der Waals surface area contributed by atoms with Crippen molar-refractivity contribution in [3.05, 3.63) is 41.2 Å². The lowest BCUT2D eigenvalue weighted by atomic mass is 10.2. The number of allylic oxidation sites excluding steroid dienone is 1. The van der Waals surface area contributed by atoms with E-state index in [1.807, 2.05) is 45.0 Å². The van der Waals surface area contributed by atoms with E-state index in [0.717, 1.165) is 17.0 Å². The Morgan fingerprint density at radius 1 is 1.33 bits per heavy atom. The van der Waals surface area contributed by atoms with Crippen LogP contribution in [0.3, 0.4) is 0 Å². The van der Waals surface area contributed by atoms with Crippen LogP contribution in [0.25, 0.3) is 11.8 Å². The molecule has 0 bridgehead atoms. The summed E-state index contributed by atoms with van der Waals surface area (Å²) >= 11 is 0. The molecule has 0 aliphatic rings. The highest BCUT2D eigenvalue weighted by atomic mass is 16.5. The minimum absolute atomic E-state index is 0.0647. The highest BCUT2D eigenvalue weighted by molar-refractivity contribution is 5.89. The molecular weight excluding hydrogens is 270 g/mol. The number of carbonyl (C=O) groups is 1. The first-order valence-electron chi connectivity index (χ1n) is 6.60. The van der Waals surface area contributed by atoms with Crippen LogP contribution in [0.1, 0.15) is 37.0 Å². The van der Waals surface area contributed by atoms with Crippen molar-refractivity contribution >= 4 is 12.0 Å². The summed E-state index contributed by atoms with van der Waals surface area (Å²) in [4.78, 5) is 11.2. The van der Waals surface area contributed by atoms with E-state index in [1.165, 1.54) is 4.68 Å². The average molecular weight is 287 g/mol. The Morgan fingerprint density at radius 2 is 2.00 bits per heavy atom. The van der Waals surface area contributed by atoms with E-state index >= 15 is 0 Å². The first-order chi connectivity index (χ1) is 10.0. The highest BCUT2D eigenvalue weighted by Gasteiger charge is 2.18. The van der Waals surface area contributed by atoms with Crippen LogP contribution in [0.5, 0.6) is 5.75 Å². The first kappa shape index (κ1) is 14.8. The molecule has 0 aliphatic carbocycles. The monoisotopic (exact) mass is 287 g/mol. The molecule has 0 unspecified atom stereocenters. The average Bonchev–Trinajstić information content (AvgIpc) is 2.83. The maximum Gasteiger partial charge on any atom is 0.358 e. The zero-order valence-electron chi connectivity index (χ0n) is 12.2. The number of carboxylic acids is 1. The third-order valence-corrected chi connectivity index (χ3v) is 2.73. The number of carboxylic acid groups (broad SMARTS) is 1. The molecule has 21 heavy (non-hydrogen) atoms. The molecule has 1 aromatic carbocycles. The number of aromatic nitrogens is 3. The summed E-state index contributed by atoms with van der Waals surface area (Å²) in [5, 5.41) is 16.9. The van der Waals surface area contributed by atoms with Crippen molar-refractivity contribution in [3.8, 4) is 11.4 Å². The second-order valence-corrected chi connectivity index (χ2v) is 4.69. The van der Waals surface area contributed by atoms with Crippen molar-refractivity contribution in [2.75, 3.05) is 6.61 Å². The summed E-state index contributed by atoms with van der Waals surface area (Å²) in [7, 11) is 0. The SMILES string of the molecule is CCOc1ccc(-n2nnc(C(=O)O)c2C=C(C)C)cc1. The molecule has 1 N–H and O–H groups in total. The quantitative estimate of drug-likeness (QED) is 0.915. The van der Waals surface area contributed by atoms with Crippen LogP contribution < -0.4 is 4.74 Å². The predicted octanol–water partition coefficient (Wildman–Crippen LogP) is 2.79. The lowest BCUT2D eigenvalue weighted by Crippen LogP contribution is -2.03. The van der Waals surface area contributed by atoms with Crippen LogP contribution in [0, 0.1) is 0 Å². The van der Waals surface area contributed by atoms with Crippen molar-refractivity contribution in [1.29, 1.82) is 0 Å². The number of hydrogen-bond donors (Lipinski definition) is 1. The molecular formula is C15H17N3O3. The minimum atomic E-state index is -1.10. The van der Waals surface area contributed by atoms with Gasteiger partial charge in [-0.05, 0) is 51.1 Å². The van der Waals surface area contributed by atoms with Gasteiger partial charge in [0.2, 0.25) is 0 Å². The van der Waals surface area contributed by atoms with Crippen molar-refractivity contribution in [2.24, 2.45) is 0 Å². The molecule has 0 saturated carbocycles. The van der Waals surface area contributed by atoms with Crippen LogP contribution in [0.4, 0.5) is 0 Å². The van der Waals surface area contributed by atoms with Gasteiger partial charge in [0.05, 0.1) is 12.3 Å².